The Bertz CT molecular complexity index is 1210. The van der Waals surface area contributed by atoms with Crippen molar-refractivity contribution < 1.29 is 22.7 Å². The molecule has 3 heterocycles. The molecule has 172 valence electrons. The highest BCUT2D eigenvalue weighted by atomic mass is 35.5. The van der Waals surface area contributed by atoms with Crippen molar-refractivity contribution in [3.63, 3.8) is 0 Å². The summed E-state index contributed by atoms with van der Waals surface area (Å²) in [5, 5.41) is 0.793. The molecule has 4 rings (SSSR count). The van der Waals surface area contributed by atoms with Gasteiger partial charge in [0.25, 0.3) is 0 Å². The molecule has 0 bridgehead atoms. The Kier molecular flexibility index (Phi) is 6.23. The number of benzene rings is 1. The number of nitrogens with two attached hydrogens (primary N) is 1. The van der Waals surface area contributed by atoms with Gasteiger partial charge >= 0.3 is 6.36 Å². The summed E-state index contributed by atoms with van der Waals surface area (Å²) in [5.74, 6) is 0.145. The van der Waals surface area contributed by atoms with E-state index < -0.39 is 12.1 Å². The second kappa shape index (κ2) is 9.10. The summed E-state index contributed by atoms with van der Waals surface area (Å²) in [4.78, 5) is 27.3. The van der Waals surface area contributed by atoms with Crippen LogP contribution in [-0.4, -0.2) is 58.7 Å². The van der Waals surface area contributed by atoms with Crippen LogP contribution in [0.4, 0.5) is 24.8 Å². The van der Waals surface area contributed by atoms with Gasteiger partial charge in [-0.05, 0) is 30.3 Å². The van der Waals surface area contributed by atoms with Crippen molar-refractivity contribution in [2.45, 2.75) is 6.36 Å². The molecule has 0 spiro atoms. The van der Waals surface area contributed by atoms with Crippen molar-refractivity contribution >= 4 is 40.4 Å². The largest absolute Gasteiger partial charge is 0.573 e. The molecule has 0 radical (unpaired) electrons. The SMILES string of the molecule is Nc1ccc(OC(F)(F)F)c(-c2cc3ncnc(N4CCN(C=CC=O)CC4)c3cc2Cl)n1. The maximum Gasteiger partial charge on any atom is 0.573 e. The van der Waals surface area contributed by atoms with Gasteiger partial charge in [-0.1, -0.05) is 11.6 Å². The van der Waals surface area contributed by atoms with Crippen LogP contribution in [-0.2, 0) is 4.79 Å². The van der Waals surface area contributed by atoms with E-state index in [1.54, 1.807) is 12.3 Å². The lowest BCUT2D eigenvalue weighted by molar-refractivity contribution is -0.274. The van der Waals surface area contributed by atoms with Crippen molar-refractivity contribution in [3.05, 3.63) is 47.9 Å². The molecule has 1 aliphatic rings. The first-order valence-electron chi connectivity index (χ1n) is 9.83. The minimum atomic E-state index is -4.91. The van der Waals surface area contributed by atoms with Crippen LogP contribution in [0.15, 0.2) is 42.9 Å². The van der Waals surface area contributed by atoms with E-state index in [9.17, 15) is 18.0 Å². The summed E-state index contributed by atoms with van der Waals surface area (Å²) in [6.45, 7) is 2.67. The molecule has 2 aromatic heterocycles. The van der Waals surface area contributed by atoms with E-state index in [1.165, 1.54) is 24.5 Å². The molecule has 1 aromatic carbocycles. The first-order chi connectivity index (χ1) is 15.7. The summed E-state index contributed by atoms with van der Waals surface area (Å²) < 4.78 is 42.8. The second-order valence-electron chi connectivity index (χ2n) is 7.18. The van der Waals surface area contributed by atoms with Gasteiger partial charge in [-0.25, -0.2) is 15.0 Å². The van der Waals surface area contributed by atoms with Crippen LogP contribution in [0.5, 0.6) is 5.75 Å². The number of aromatic nitrogens is 3. The third-order valence-electron chi connectivity index (χ3n) is 5.05. The Morgan fingerprint density at radius 2 is 1.88 bits per heavy atom. The number of halogens is 4. The number of ether oxygens (including phenoxy) is 1. The van der Waals surface area contributed by atoms with E-state index >= 15 is 0 Å². The number of carbonyl (C=O) groups is 1. The third kappa shape index (κ3) is 5.08. The zero-order valence-corrected chi connectivity index (χ0v) is 17.8. The Labute approximate surface area is 191 Å². The fourth-order valence-corrected chi connectivity index (χ4v) is 3.85. The number of carbonyl (C=O) groups excluding carboxylic acids is 1. The molecule has 8 nitrogen and oxygen atoms in total. The van der Waals surface area contributed by atoms with Gasteiger partial charge in [0.2, 0.25) is 0 Å². The molecule has 0 atom stereocenters. The molecule has 1 fully saturated rings. The van der Waals surface area contributed by atoms with Gasteiger partial charge < -0.3 is 20.3 Å². The molecule has 0 unspecified atom stereocenters. The Balaban J connectivity index is 1.71. The van der Waals surface area contributed by atoms with Crippen LogP contribution in [0.2, 0.25) is 5.02 Å². The van der Waals surface area contributed by atoms with Gasteiger partial charge in [0.05, 0.1) is 10.5 Å². The number of aldehydes is 1. The maximum absolute atomic E-state index is 12.9. The van der Waals surface area contributed by atoms with Gasteiger partial charge in [-0.2, -0.15) is 0 Å². The number of fused-ring (bicyclic) bond motifs is 1. The lowest BCUT2D eigenvalue weighted by Gasteiger charge is -2.35. The number of rotatable bonds is 5. The zero-order chi connectivity index (χ0) is 23.6. The normalized spacial score (nSPS) is 14.8. The van der Waals surface area contributed by atoms with Crippen molar-refractivity contribution in [3.8, 4) is 17.0 Å². The molecule has 1 saturated heterocycles. The monoisotopic (exact) mass is 478 g/mol. The molecule has 3 aromatic rings. The molecular formula is C21H18ClF3N6O2. The first-order valence-corrected chi connectivity index (χ1v) is 10.2. The summed E-state index contributed by atoms with van der Waals surface area (Å²) >= 11 is 6.48. The van der Waals surface area contributed by atoms with Crippen LogP contribution in [0.25, 0.3) is 22.2 Å². The highest BCUT2D eigenvalue weighted by Gasteiger charge is 2.33. The van der Waals surface area contributed by atoms with Gasteiger partial charge in [0, 0.05) is 43.3 Å². The molecule has 0 amide bonds. The summed E-state index contributed by atoms with van der Waals surface area (Å²) in [6, 6.07) is 5.44. The number of anilines is 2. The Morgan fingerprint density at radius 3 is 2.58 bits per heavy atom. The number of nitrogen functional groups attached to an aromatic ring is 1. The van der Waals surface area contributed by atoms with Crippen molar-refractivity contribution in [2.75, 3.05) is 36.8 Å². The number of pyridine rings is 1. The maximum atomic E-state index is 12.9. The van der Waals surface area contributed by atoms with E-state index in [0.717, 1.165) is 12.4 Å². The zero-order valence-electron chi connectivity index (χ0n) is 17.1. The van der Waals surface area contributed by atoms with E-state index in [-0.39, 0.29) is 22.1 Å². The Hall–Kier alpha value is -3.60. The minimum Gasteiger partial charge on any atom is -0.403 e. The fraction of sp³-hybridized carbons (Fsp3) is 0.238. The molecule has 0 aliphatic carbocycles. The molecule has 2 N–H and O–H groups in total. The van der Waals surface area contributed by atoms with Crippen LogP contribution in [0, 0.1) is 0 Å². The summed E-state index contributed by atoms with van der Waals surface area (Å²) in [7, 11) is 0. The van der Waals surface area contributed by atoms with E-state index in [2.05, 4.69) is 24.6 Å². The number of hydrogen-bond acceptors (Lipinski definition) is 8. The first kappa shape index (κ1) is 22.6. The van der Waals surface area contributed by atoms with Crippen molar-refractivity contribution in [1.82, 2.24) is 19.9 Å². The number of hydrogen-bond donors (Lipinski definition) is 1. The average Bonchev–Trinajstić information content (AvgIpc) is 2.78. The van der Waals surface area contributed by atoms with E-state index in [4.69, 9.17) is 17.3 Å². The minimum absolute atomic E-state index is 0.0144. The predicted molar refractivity (Wildman–Crippen MR) is 118 cm³/mol. The highest BCUT2D eigenvalue weighted by Crippen LogP contribution is 2.39. The van der Waals surface area contributed by atoms with Gasteiger partial charge in [0.15, 0.2) is 5.75 Å². The van der Waals surface area contributed by atoms with Gasteiger partial charge in [-0.3, -0.25) is 4.79 Å². The topological polar surface area (TPSA) is 97.5 Å². The lowest BCUT2D eigenvalue weighted by Crippen LogP contribution is -2.44. The number of alkyl halides is 3. The smallest absolute Gasteiger partial charge is 0.403 e. The fourth-order valence-electron chi connectivity index (χ4n) is 3.60. The highest BCUT2D eigenvalue weighted by molar-refractivity contribution is 6.34. The van der Waals surface area contributed by atoms with Crippen molar-refractivity contribution in [1.29, 1.82) is 0 Å². The summed E-state index contributed by atoms with van der Waals surface area (Å²) in [5.41, 5.74) is 6.23. The molecular weight excluding hydrogens is 461 g/mol. The van der Waals surface area contributed by atoms with Crippen molar-refractivity contribution in [2.24, 2.45) is 0 Å². The van der Waals surface area contributed by atoms with E-state index in [1.807, 2.05) is 4.90 Å². The van der Waals surface area contributed by atoms with Crippen LogP contribution in [0.3, 0.4) is 0 Å². The second-order valence-corrected chi connectivity index (χ2v) is 7.58. The summed E-state index contributed by atoms with van der Waals surface area (Å²) in [6.07, 6.45) is 0.384. The molecule has 1 aliphatic heterocycles. The van der Waals surface area contributed by atoms with Crippen LogP contribution < -0.4 is 15.4 Å². The van der Waals surface area contributed by atoms with Gasteiger partial charge in [-0.15, -0.1) is 13.2 Å². The van der Waals surface area contributed by atoms with E-state index in [0.29, 0.717) is 42.9 Å². The quantitative estimate of drug-likeness (QED) is 0.438. The Morgan fingerprint density at radius 1 is 1.12 bits per heavy atom. The average molecular weight is 479 g/mol. The van der Waals surface area contributed by atoms with Crippen LogP contribution >= 0.6 is 11.6 Å². The number of allylic oxidation sites excluding steroid dienone is 1. The molecule has 12 heteroatoms. The number of piperazine rings is 1. The molecule has 33 heavy (non-hydrogen) atoms. The standard InChI is InChI=1S/C21H18ClF3N6O2/c22-15-10-14-16(11-13(15)19-17(33-21(23,24)25)2-3-18(26)29-19)27-12-28-20(14)31-7-5-30(6-8-31)4-1-9-32/h1-4,9-12H,5-8H2,(H2,26,29). The van der Waals surface area contributed by atoms with Gasteiger partial charge in [0.1, 0.15) is 29.9 Å². The lowest BCUT2D eigenvalue weighted by atomic mass is 10.1. The molecule has 0 saturated carbocycles. The predicted octanol–water partition coefficient (Wildman–Crippen LogP) is 3.66. The van der Waals surface area contributed by atoms with Crippen LogP contribution in [0.1, 0.15) is 0 Å². The third-order valence-corrected chi connectivity index (χ3v) is 5.37. The number of nitrogens with zero attached hydrogens (tertiary/aromatic N) is 5.